The third kappa shape index (κ3) is 9.38. The van der Waals surface area contributed by atoms with E-state index in [1.165, 1.54) is 30.5 Å². The van der Waals surface area contributed by atoms with Gasteiger partial charge in [0.25, 0.3) is 0 Å². The first-order valence-electron chi connectivity index (χ1n) is 11.9. The number of benzene rings is 2. The van der Waals surface area contributed by atoms with E-state index in [0.29, 0.717) is 5.75 Å². The summed E-state index contributed by atoms with van der Waals surface area (Å²) >= 11 is 0. The lowest BCUT2D eigenvalue weighted by Crippen LogP contribution is -2.53. The summed E-state index contributed by atoms with van der Waals surface area (Å²) in [4.78, 5) is 12.5. The predicted molar refractivity (Wildman–Crippen MR) is 142 cm³/mol. The van der Waals surface area contributed by atoms with Gasteiger partial charge in [-0.2, -0.15) is 4.31 Å². The molecule has 3 atom stereocenters. The third-order valence-corrected chi connectivity index (χ3v) is 8.60. The van der Waals surface area contributed by atoms with E-state index in [1.54, 1.807) is 12.1 Å². The summed E-state index contributed by atoms with van der Waals surface area (Å²) in [6.45, 7) is 5.00. The number of amides is 1. The Labute approximate surface area is 219 Å². The molecule has 0 radical (unpaired) electrons. The molecule has 2 aromatic carbocycles. The maximum atomic E-state index is 13.8. The van der Waals surface area contributed by atoms with Gasteiger partial charge in [-0.05, 0) is 42.2 Å². The maximum Gasteiger partial charge on any atom is 0.243 e. The summed E-state index contributed by atoms with van der Waals surface area (Å²) in [5, 5.41) is 18.8. The van der Waals surface area contributed by atoms with Crippen LogP contribution in [0.3, 0.4) is 0 Å². The lowest BCUT2D eigenvalue weighted by molar-refractivity contribution is -0.124. The molecule has 37 heavy (non-hydrogen) atoms. The quantitative estimate of drug-likeness (QED) is 0.318. The molecule has 0 bridgehead atoms. The molecule has 206 valence electrons. The first kappa shape index (κ1) is 30.7. The molecule has 2 rings (SSSR count). The van der Waals surface area contributed by atoms with Crippen molar-refractivity contribution in [2.45, 2.75) is 44.2 Å². The molecular formula is C25H37N3O7S2. The number of aliphatic hydroxyl groups is 1. The number of nitrogens with one attached hydrogen (secondary N) is 1. The zero-order valence-electron chi connectivity index (χ0n) is 21.6. The Morgan fingerprint density at radius 2 is 1.62 bits per heavy atom. The highest BCUT2D eigenvalue weighted by Crippen LogP contribution is 2.25. The largest absolute Gasteiger partial charge is 0.497 e. The van der Waals surface area contributed by atoms with Crippen molar-refractivity contribution in [1.29, 1.82) is 0 Å². The summed E-state index contributed by atoms with van der Waals surface area (Å²) < 4.78 is 56.7. The van der Waals surface area contributed by atoms with Crippen molar-refractivity contribution in [3.63, 3.8) is 0 Å². The van der Waals surface area contributed by atoms with E-state index >= 15 is 0 Å². The van der Waals surface area contributed by atoms with E-state index in [1.807, 2.05) is 44.2 Å². The monoisotopic (exact) mass is 555 g/mol. The van der Waals surface area contributed by atoms with Gasteiger partial charge in [0.05, 0.1) is 35.8 Å². The van der Waals surface area contributed by atoms with Gasteiger partial charge >= 0.3 is 0 Å². The van der Waals surface area contributed by atoms with Crippen LogP contribution in [0.1, 0.15) is 26.3 Å². The fourth-order valence-corrected chi connectivity index (χ4v) is 6.54. The van der Waals surface area contributed by atoms with Crippen molar-refractivity contribution < 1.29 is 31.5 Å². The molecule has 2 aromatic rings. The number of rotatable bonds is 14. The first-order valence-corrected chi connectivity index (χ1v) is 15.1. The molecule has 12 heteroatoms. The Kier molecular flexibility index (Phi) is 11.1. The van der Waals surface area contributed by atoms with Crippen molar-refractivity contribution in [1.82, 2.24) is 9.62 Å². The molecule has 4 N–H and O–H groups in total. The standard InChI is InChI=1S/C25H37N3O7S2/c1-18(2)16-28(37(33,34)22-12-10-21(35-4)11-13-22)23(14-20-8-6-5-7-9-20)24(29)15-27-25(30)19(3)17-36(26,31)32/h5-13,18-19,23-24,29H,14-17H2,1-4H3,(H,27,30)(H2,26,31,32)/t19-,23?,24+/m0/s1. The van der Waals surface area contributed by atoms with E-state index in [-0.39, 0.29) is 30.3 Å². The van der Waals surface area contributed by atoms with Gasteiger partial charge in [0, 0.05) is 13.1 Å². The number of aliphatic hydroxyl groups excluding tert-OH is 1. The molecule has 0 aliphatic rings. The van der Waals surface area contributed by atoms with Gasteiger partial charge in [0.1, 0.15) is 5.75 Å². The molecule has 0 saturated heterocycles. The molecule has 10 nitrogen and oxygen atoms in total. The highest BCUT2D eigenvalue weighted by atomic mass is 32.2. The Morgan fingerprint density at radius 1 is 1.03 bits per heavy atom. The number of primary sulfonamides is 1. The van der Waals surface area contributed by atoms with Crippen molar-refractivity contribution in [3.8, 4) is 5.75 Å². The minimum atomic E-state index is -4.06. The summed E-state index contributed by atoms with van der Waals surface area (Å²) in [7, 11) is -6.44. The van der Waals surface area contributed by atoms with E-state index in [0.717, 1.165) is 5.56 Å². The van der Waals surface area contributed by atoms with Crippen LogP contribution in [0.4, 0.5) is 0 Å². The lowest BCUT2D eigenvalue weighted by Gasteiger charge is -2.35. The molecule has 1 amide bonds. The maximum absolute atomic E-state index is 13.8. The molecule has 0 saturated carbocycles. The Hall–Kier alpha value is -2.51. The van der Waals surface area contributed by atoms with Crippen LogP contribution in [0.5, 0.6) is 5.75 Å². The number of hydrogen-bond donors (Lipinski definition) is 3. The number of sulfonamides is 2. The van der Waals surface area contributed by atoms with Crippen LogP contribution in [0.2, 0.25) is 0 Å². The number of nitrogens with zero attached hydrogens (tertiary/aromatic N) is 1. The fourth-order valence-electron chi connectivity index (χ4n) is 3.88. The van der Waals surface area contributed by atoms with Crippen LogP contribution < -0.4 is 15.2 Å². The molecule has 0 aliphatic carbocycles. The van der Waals surface area contributed by atoms with Crippen LogP contribution in [0.25, 0.3) is 0 Å². The van der Waals surface area contributed by atoms with Gasteiger partial charge in [-0.1, -0.05) is 51.1 Å². The first-order chi connectivity index (χ1) is 17.2. The molecule has 0 aromatic heterocycles. The predicted octanol–water partition coefficient (Wildman–Crippen LogP) is 1.35. The van der Waals surface area contributed by atoms with E-state index in [4.69, 9.17) is 9.88 Å². The number of hydrogen-bond acceptors (Lipinski definition) is 7. The number of ether oxygens (including phenoxy) is 1. The van der Waals surface area contributed by atoms with Crippen molar-refractivity contribution in [2.24, 2.45) is 17.0 Å². The number of methoxy groups -OCH3 is 1. The lowest BCUT2D eigenvalue weighted by atomic mass is 10.00. The van der Waals surface area contributed by atoms with E-state index in [2.05, 4.69) is 5.32 Å². The van der Waals surface area contributed by atoms with Gasteiger partial charge in [0.2, 0.25) is 26.0 Å². The summed E-state index contributed by atoms with van der Waals surface area (Å²) in [6.07, 6.45) is -1.11. The second-order valence-electron chi connectivity index (χ2n) is 9.44. The van der Waals surface area contributed by atoms with Gasteiger partial charge < -0.3 is 15.2 Å². The van der Waals surface area contributed by atoms with Gasteiger partial charge in [0.15, 0.2) is 0 Å². The number of carbonyl (C=O) groups excluding carboxylic acids is 1. The van der Waals surface area contributed by atoms with Crippen LogP contribution >= 0.6 is 0 Å². The Morgan fingerprint density at radius 3 is 2.14 bits per heavy atom. The zero-order valence-corrected chi connectivity index (χ0v) is 23.2. The minimum absolute atomic E-state index is 0.0463. The highest BCUT2D eigenvalue weighted by molar-refractivity contribution is 7.89. The molecule has 1 unspecified atom stereocenters. The van der Waals surface area contributed by atoms with Crippen LogP contribution in [-0.2, 0) is 31.3 Å². The highest BCUT2D eigenvalue weighted by Gasteiger charge is 2.36. The second kappa shape index (κ2) is 13.3. The molecule has 0 aliphatic heterocycles. The topological polar surface area (TPSA) is 156 Å². The molecule has 0 spiro atoms. The summed E-state index contributed by atoms with van der Waals surface area (Å²) in [5.74, 6) is -1.66. The normalized spacial score (nSPS) is 14.8. The summed E-state index contributed by atoms with van der Waals surface area (Å²) in [6, 6.07) is 14.2. The van der Waals surface area contributed by atoms with Gasteiger partial charge in [-0.25, -0.2) is 22.0 Å². The van der Waals surface area contributed by atoms with E-state index < -0.39 is 49.8 Å². The Balaban J connectivity index is 2.40. The fraction of sp³-hybridized carbons (Fsp3) is 0.480. The average molecular weight is 556 g/mol. The number of nitrogens with two attached hydrogens (primary N) is 1. The average Bonchev–Trinajstić information content (AvgIpc) is 2.83. The molecule has 0 heterocycles. The Bertz CT molecular complexity index is 1220. The van der Waals surface area contributed by atoms with Crippen molar-refractivity contribution in [2.75, 3.05) is 26.0 Å². The summed E-state index contributed by atoms with van der Waals surface area (Å²) in [5.41, 5.74) is 0.805. The molecular weight excluding hydrogens is 518 g/mol. The third-order valence-electron chi connectivity index (χ3n) is 5.73. The second-order valence-corrected chi connectivity index (χ2v) is 13.0. The van der Waals surface area contributed by atoms with Gasteiger partial charge in [-0.15, -0.1) is 0 Å². The SMILES string of the molecule is COc1ccc(S(=O)(=O)N(CC(C)C)C(Cc2ccccc2)[C@H](O)CNC(=O)[C@@H](C)CS(N)(=O)=O)cc1. The zero-order chi connectivity index (χ0) is 27.8. The minimum Gasteiger partial charge on any atom is -0.497 e. The smallest absolute Gasteiger partial charge is 0.243 e. The van der Waals surface area contributed by atoms with Crippen molar-refractivity contribution >= 4 is 26.0 Å². The van der Waals surface area contributed by atoms with E-state index in [9.17, 15) is 26.7 Å². The van der Waals surface area contributed by atoms with Gasteiger partial charge in [-0.3, -0.25) is 4.79 Å². The van der Waals surface area contributed by atoms with Crippen LogP contribution in [-0.4, -0.2) is 70.3 Å². The van der Waals surface area contributed by atoms with Crippen LogP contribution in [0.15, 0.2) is 59.5 Å². The molecule has 0 fully saturated rings. The van der Waals surface area contributed by atoms with Crippen molar-refractivity contribution in [3.05, 3.63) is 60.2 Å². The van der Waals surface area contributed by atoms with Crippen LogP contribution in [0, 0.1) is 11.8 Å². The number of carbonyl (C=O) groups is 1.